The number of amides is 1. The summed E-state index contributed by atoms with van der Waals surface area (Å²) >= 11 is 0. The number of carbonyl (C=O) groups is 1. The number of nitrogens with zero attached hydrogens (tertiary/aromatic N) is 6. The Hall–Kier alpha value is -3.00. The summed E-state index contributed by atoms with van der Waals surface area (Å²) in [7, 11) is 1.70. The first-order chi connectivity index (χ1) is 13.8. The molecular weight excluding hydrogens is 356 g/mol. The van der Waals surface area contributed by atoms with Gasteiger partial charge in [-0.2, -0.15) is 0 Å². The summed E-state index contributed by atoms with van der Waals surface area (Å²) in [6.45, 7) is 2.87. The first-order valence-corrected chi connectivity index (χ1v) is 9.50. The minimum absolute atomic E-state index is 0.0506. The molecule has 0 spiro atoms. The standard InChI is InChI=1S/C20H24N6O2/c1-28-11-10-24-9-7-21-19(24)17-5-3-8-25(13-17)20(27)16-4-2-6-18(12-16)26-14-22-23-15-26/h2,4,6-7,9,12,14-15,17H,3,5,8,10-11,13H2,1H3/t17-/m0/s1. The molecule has 146 valence electrons. The zero-order chi connectivity index (χ0) is 19.3. The van der Waals surface area contributed by atoms with Gasteiger partial charge < -0.3 is 14.2 Å². The predicted molar refractivity (Wildman–Crippen MR) is 103 cm³/mol. The van der Waals surface area contributed by atoms with Crippen molar-refractivity contribution in [2.24, 2.45) is 0 Å². The number of benzene rings is 1. The summed E-state index contributed by atoms with van der Waals surface area (Å²) in [5.41, 5.74) is 1.55. The van der Waals surface area contributed by atoms with Gasteiger partial charge in [-0.05, 0) is 31.0 Å². The van der Waals surface area contributed by atoms with Crippen LogP contribution in [0.15, 0.2) is 49.3 Å². The van der Waals surface area contributed by atoms with Gasteiger partial charge in [-0.15, -0.1) is 10.2 Å². The number of ether oxygens (including phenoxy) is 1. The molecule has 0 aliphatic carbocycles. The Morgan fingerprint density at radius 2 is 2.14 bits per heavy atom. The van der Waals surface area contributed by atoms with E-state index in [0.29, 0.717) is 18.7 Å². The molecule has 2 aromatic heterocycles. The molecule has 8 heteroatoms. The molecule has 0 saturated carbocycles. The summed E-state index contributed by atoms with van der Waals surface area (Å²) in [5.74, 6) is 1.33. The fraction of sp³-hybridized carbons (Fsp3) is 0.400. The van der Waals surface area contributed by atoms with Gasteiger partial charge in [0.2, 0.25) is 0 Å². The first kappa shape index (κ1) is 18.4. The molecular formula is C20H24N6O2. The van der Waals surface area contributed by atoms with E-state index in [1.54, 1.807) is 24.3 Å². The van der Waals surface area contributed by atoms with E-state index in [-0.39, 0.29) is 11.8 Å². The van der Waals surface area contributed by atoms with Gasteiger partial charge in [-0.1, -0.05) is 6.07 Å². The van der Waals surface area contributed by atoms with Crippen molar-refractivity contribution in [1.29, 1.82) is 0 Å². The topological polar surface area (TPSA) is 78.1 Å². The van der Waals surface area contributed by atoms with Gasteiger partial charge in [0.25, 0.3) is 5.91 Å². The van der Waals surface area contributed by atoms with Crippen LogP contribution in [0.3, 0.4) is 0 Å². The van der Waals surface area contributed by atoms with Crippen LogP contribution in [0.25, 0.3) is 5.69 Å². The molecule has 1 aromatic carbocycles. The number of hydrogen-bond acceptors (Lipinski definition) is 5. The van der Waals surface area contributed by atoms with Gasteiger partial charge in [0.15, 0.2) is 0 Å². The minimum atomic E-state index is 0.0506. The van der Waals surface area contributed by atoms with Crippen molar-refractivity contribution in [1.82, 2.24) is 29.2 Å². The van der Waals surface area contributed by atoms with Crippen LogP contribution in [-0.2, 0) is 11.3 Å². The zero-order valence-electron chi connectivity index (χ0n) is 15.9. The van der Waals surface area contributed by atoms with Crippen LogP contribution in [0, 0.1) is 0 Å². The fourth-order valence-corrected chi connectivity index (χ4v) is 3.75. The summed E-state index contributed by atoms with van der Waals surface area (Å²) in [6, 6.07) is 7.57. The highest BCUT2D eigenvalue weighted by molar-refractivity contribution is 5.94. The van der Waals surface area contributed by atoms with E-state index in [2.05, 4.69) is 19.7 Å². The largest absolute Gasteiger partial charge is 0.383 e. The molecule has 1 atom stereocenters. The van der Waals surface area contributed by atoms with Gasteiger partial charge in [0.05, 0.1) is 6.61 Å². The van der Waals surface area contributed by atoms with Crippen LogP contribution in [0.2, 0.25) is 0 Å². The average molecular weight is 380 g/mol. The fourth-order valence-electron chi connectivity index (χ4n) is 3.75. The smallest absolute Gasteiger partial charge is 0.253 e. The molecule has 4 rings (SSSR count). The molecule has 1 aliphatic heterocycles. The molecule has 1 saturated heterocycles. The van der Waals surface area contributed by atoms with Gasteiger partial charge in [-0.25, -0.2) is 4.98 Å². The summed E-state index contributed by atoms with van der Waals surface area (Å²) in [4.78, 5) is 19.6. The van der Waals surface area contributed by atoms with Crippen molar-refractivity contribution < 1.29 is 9.53 Å². The minimum Gasteiger partial charge on any atom is -0.383 e. The number of carbonyl (C=O) groups excluding carboxylic acids is 1. The maximum atomic E-state index is 13.1. The van der Waals surface area contributed by atoms with Gasteiger partial charge in [0.1, 0.15) is 18.5 Å². The van der Waals surface area contributed by atoms with E-state index in [9.17, 15) is 4.79 Å². The second kappa shape index (κ2) is 8.35. The van der Waals surface area contributed by atoms with Crippen molar-refractivity contribution in [3.8, 4) is 5.69 Å². The van der Waals surface area contributed by atoms with Crippen LogP contribution in [0.1, 0.15) is 34.9 Å². The molecule has 3 aromatic rings. The first-order valence-electron chi connectivity index (χ1n) is 9.50. The van der Waals surface area contributed by atoms with E-state index < -0.39 is 0 Å². The van der Waals surface area contributed by atoms with Crippen LogP contribution < -0.4 is 0 Å². The number of rotatable bonds is 6. The Balaban J connectivity index is 1.50. The average Bonchev–Trinajstić information content (AvgIpc) is 3.44. The normalized spacial score (nSPS) is 17.0. The molecule has 3 heterocycles. The zero-order valence-corrected chi connectivity index (χ0v) is 15.9. The third-order valence-corrected chi connectivity index (χ3v) is 5.17. The van der Waals surface area contributed by atoms with Gasteiger partial charge >= 0.3 is 0 Å². The molecule has 1 aliphatic rings. The number of hydrogen-bond donors (Lipinski definition) is 0. The van der Waals surface area contributed by atoms with Crippen LogP contribution in [0.4, 0.5) is 0 Å². The van der Waals surface area contributed by atoms with E-state index in [0.717, 1.165) is 37.4 Å². The molecule has 8 nitrogen and oxygen atoms in total. The van der Waals surface area contributed by atoms with Crippen molar-refractivity contribution >= 4 is 5.91 Å². The Morgan fingerprint density at radius 3 is 2.96 bits per heavy atom. The van der Waals surface area contributed by atoms with Gasteiger partial charge in [0, 0.05) is 56.3 Å². The maximum Gasteiger partial charge on any atom is 0.253 e. The Bertz CT molecular complexity index is 920. The molecule has 1 fully saturated rings. The van der Waals surface area contributed by atoms with Crippen molar-refractivity contribution in [2.45, 2.75) is 25.3 Å². The van der Waals surface area contributed by atoms with E-state index >= 15 is 0 Å². The number of piperidine rings is 1. The predicted octanol–water partition coefficient (Wildman–Crippen LogP) is 2.13. The summed E-state index contributed by atoms with van der Waals surface area (Å²) < 4.78 is 9.12. The number of imidazole rings is 1. The van der Waals surface area contributed by atoms with E-state index in [4.69, 9.17) is 4.74 Å². The molecule has 0 unspecified atom stereocenters. The molecule has 28 heavy (non-hydrogen) atoms. The molecule has 1 amide bonds. The lowest BCUT2D eigenvalue weighted by Crippen LogP contribution is -2.39. The van der Waals surface area contributed by atoms with Crippen LogP contribution >= 0.6 is 0 Å². The Morgan fingerprint density at radius 1 is 1.29 bits per heavy atom. The Labute approximate surface area is 163 Å². The second-order valence-corrected chi connectivity index (χ2v) is 6.98. The van der Waals surface area contributed by atoms with Gasteiger partial charge in [-0.3, -0.25) is 9.36 Å². The van der Waals surface area contributed by atoms with Crippen molar-refractivity contribution in [3.05, 3.63) is 60.7 Å². The molecule has 0 radical (unpaired) electrons. The maximum absolute atomic E-state index is 13.1. The number of methoxy groups -OCH3 is 1. The van der Waals surface area contributed by atoms with Crippen LogP contribution in [0.5, 0.6) is 0 Å². The Kier molecular flexibility index (Phi) is 5.48. The third kappa shape index (κ3) is 3.82. The highest BCUT2D eigenvalue weighted by Gasteiger charge is 2.28. The van der Waals surface area contributed by atoms with Crippen LogP contribution in [-0.4, -0.2) is 61.9 Å². The lowest BCUT2D eigenvalue weighted by molar-refractivity contribution is 0.0702. The lowest BCUT2D eigenvalue weighted by atomic mass is 9.96. The molecule has 0 bridgehead atoms. The quantitative estimate of drug-likeness (QED) is 0.655. The van der Waals surface area contributed by atoms with E-state index in [1.165, 1.54) is 0 Å². The summed E-state index contributed by atoms with van der Waals surface area (Å²) in [6.07, 6.45) is 9.07. The molecule has 0 N–H and O–H groups in total. The van der Waals surface area contributed by atoms with Crippen molar-refractivity contribution in [3.63, 3.8) is 0 Å². The number of likely N-dealkylation sites (tertiary alicyclic amines) is 1. The highest BCUT2D eigenvalue weighted by atomic mass is 16.5. The SMILES string of the molecule is COCCn1ccnc1[C@H]1CCCN(C(=O)c2cccc(-n3cnnc3)c2)C1. The second-order valence-electron chi connectivity index (χ2n) is 6.98. The summed E-state index contributed by atoms with van der Waals surface area (Å²) in [5, 5.41) is 7.66. The third-order valence-electron chi connectivity index (χ3n) is 5.17. The number of aromatic nitrogens is 5. The monoisotopic (exact) mass is 380 g/mol. The highest BCUT2D eigenvalue weighted by Crippen LogP contribution is 2.27. The van der Waals surface area contributed by atoms with E-state index in [1.807, 2.05) is 41.6 Å². The lowest BCUT2D eigenvalue weighted by Gasteiger charge is -2.33. The van der Waals surface area contributed by atoms with Crippen molar-refractivity contribution in [2.75, 3.05) is 26.8 Å².